The zero-order valence-corrected chi connectivity index (χ0v) is 12.2. The molecule has 0 spiro atoms. The Morgan fingerprint density at radius 2 is 2.33 bits per heavy atom. The smallest absolute Gasteiger partial charge is 0.166 e. The molecule has 1 heterocycles. The Morgan fingerprint density at radius 1 is 1.56 bits per heavy atom. The van der Waals surface area contributed by atoms with E-state index in [1.165, 1.54) is 5.56 Å². The van der Waals surface area contributed by atoms with Gasteiger partial charge in [0.2, 0.25) is 0 Å². The first kappa shape index (κ1) is 13.6. The fourth-order valence-corrected chi connectivity index (χ4v) is 2.86. The molecule has 18 heavy (non-hydrogen) atoms. The summed E-state index contributed by atoms with van der Waals surface area (Å²) in [5.41, 5.74) is 2.13. The first-order valence-electron chi connectivity index (χ1n) is 6.15. The Balaban J connectivity index is 2.22. The number of benzene rings is 1. The third-order valence-corrected chi connectivity index (χ3v) is 3.66. The van der Waals surface area contributed by atoms with Gasteiger partial charge in [-0.3, -0.25) is 4.79 Å². The third-order valence-electron chi connectivity index (χ3n) is 3.20. The maximum atomic E-state index is 12.1. The number of carbonyl (C=O) groups excluding carboxylic acids is 1. The standard InChI is InChI=1S/C14H17BrO3/c1-3-13(17-2)12(16)8-10-7-11(15)6-9-4-5-18-14(9)10/h6-7,13H,3-5,8H2,1-2H3. The number of ketones is 1. The van der Waals surface area contributed by atoms with Gasteiger partial charge >= 0.3 is 0 Å². The quantitative estimate of drug-likeness (QED) is 0.838. The molecule has 0 saturated heterocycles. The second kappa shape index (κ2) is 5.85. The fraction of sp³-hybridized carbons (Fsp3) is 0.500. The molecule has 0 bridgehead atoms. The van der Waals surface area contributed by atoms with E-state index < -0.39 is 0 Å². The molecule has 0 radical (unpaired) electrons. The van der Waals surface area contributed by atoms with Gasteiger partial charge in [-0.2, -0.15) is 0 Å². The van der Waals surface area contributed by atoms with Crippen LogP contribution in [-0.2, 0) is 22.4 Å². The van der Waals surface area contributed by atoms with Gasteiger partial charge in [0.15, 0.2) is 5.78 Å². The highest BCUT2D eigenvalue weighted by Gasteiger charge is 2.22. The number of fused-ring (bicyclic) bond motifs is 1. The monoisotopic (exact) mass is 312 g/mol. The van der Waals surface area contributed by atoms with Crippen molar-refractivity contribution in [1.82, 2.24) is 0 Å². The van der Waals surface area contributed by atoms with E-state index in [0.717, 1.165) is 22.2 Å². The molecule has 2 rings (SSSR count). The lowest BCUT2D eigenvalue weighted by Crippen LogP contribution is -2.24. The van der Waals surface area contributed by atoms with E-state index in [1.807, 2.05) is 13.0 Å². The Morgan fingerprint density at radius 3 is 3.00 bits per heavy atom. The molecule has 1 aliphatic heterocycles. The summed E-state index contributed by atoms with van der Waals surface area (Å²) in [6, 6.07) is 4.02. The zero-order chi connectivity index (χ0) is 13.1. The van der Waals surface area contributed by atoms with Gasteiger partial charge in [-0.15, -0.1) is 0 Å². The van der Waals surface area contributed by atoms with Crippen LogP contribution in [0, 0.1) is 0 Å². The number of methoxy groups -OCH3 is 1. The van der Waals surface area contributed by atoms with Crippen LogP contribution in [-0.4, -0.2) is 25.6 Å². The predicted molar refractivity (Wildman–Crippen MR) is 73.1 cm³/mol. The van der Waals surface area contributed by atoms with Crippen LogP contribution in [0.1, 0.15) is 24.5 Å². The van der Waals surface area contributed by atoms with Crippen molar-refractivity contribution in [3.63, 3.8) is 0 Å². The maximum absolute atomic E-state index is 12.1. The summed E-state index contributed by atoms with van der Waals surface area (Å²) in [6.45, 7) is 2.66. The largest absolute Gasteiger partial charge is 0.493 e. The summed E-state index contributed by atoms with van der Waals surface area (Å²) in [4.78, 5) is 12.1. The van der Waals surface area contributed by atoms with Gasteiger partial charge in [-0.05, 0) is 24.1 Å². The summed E-state index contributed by atoms with van der Waals surface area (Å²) >= 11 is 3.48. The van der Waals surface area contributed by atoms with E-state index in [9.17, 15) is 4.79 Å². The minimum absolute atomic E-state index is 0.107. The van der Waals surface area contributed by atoms with Gasteiger partial charge < -0.3 is 9.47 Å². The van der Waals surface area contributed by atoms with Crippen molar-refractivity contribution < 1.29 is 14.3 Å². The van der Waals surface area contributed by atoms with Crippen molar-refractivity contribution >= 4 is 21.7 Å². The maximum Gasteiger partial charge on any atom is 0.166 e. The predicted octanol–water partition coefficient (Wildman–Crippen LogP) is 2.92. The van der Waals surface area contributed by atoms with Gasteiger partial charge in [-0.25, -0.2) is 0 Å². The minimum Gasteiger partial charge on any atom is -0.493 e. The van der Waals surface area contributed by atoms with Crippen molar-refractivity contribution in [3.8, 4) is 5.75 Å². The molecule has 0 aliphatic carbocycles. The van der Waals surface area contributed by atoms with Crippen LogP contribution < -0.4 is 4.74 Å². The van der Waals surface area contributed by atoms with E-state index in [4.69, 9.17) is 9.47 Å². The van der Waals surface area contributed by atoms with Gasteiger partial charge in [0.25, 0.3) is 0 Å². The molecule has 0 N–H and O–H groups in total. The average Bonchev–Trinajstić information content (AvgIpc) is 2.78. The topological polar surface area (TPSA) is 35.5 Å². The number of hydrogen-bond acceptors (Lipinski definition) is 3. The molecule has 0 saturated carbocycles. The summed E-state index contributed by atoms with van der Waals surface area (Å²) in [7, 11) is 1.58. The first-order valence-corrected chi connectivity index (χ1v) is 6.94. The van der Waals surface area contributed by atoms with Crippen molar-refractivity contribution in [1.29, 1.82) is 0 Å². The molecule has 3 nitrogen and oxygen atoms in total. The normalized spacial score (nSPS) is 15.1. The lowest BCUT2D eigenvalue weighted by atomic mass is 10.0. The fourth-order valence-electron chi connectivity index (χ4n) is 2.30. The Bertz CT molecular complexity index is 453. The van der Waals surface area contributed by atoms with Crippen LogP contribution in [0.3, 0.4) is 0 Å². The number of Topliss-reactive ketones (excluding diaryl/α,β-unsaturated/α-hetero) is 1. The van der Waals surface area contributed by atoms with E-state index in [-0.39, 0.29) is 11.9 Å². The molecular weight excluding hydrogens is 296 g/mol. The van der Waals surface area contributed by atoms with Crippen LogP contribution in [0.5, 0.6) is 5.75 Å². The first-order chi connectivity index (χ1) is 8.65. The van der Waals surface area contributed by atoms with Gasteiger partial charge in [0, 0.05) is 30.0 Å². The van der Waals surface area contributed by atoms with Gasteiger partial charge in [0.05, 0.1) is 6.61 Å². The zero-order valence-electron chi connectivity index (χ0n) is 10.7. The summed E-state index contributed by atoms with van der Waals surface area (Å²) < 4.78 is 11.8. The molecule has 4 heteroatoms. The third kappa shape index (κ3) is 2.75. The highest BCUT2D eigenvalue weighted by atomic mass is 79.9. The number of ether oxygens (including phenoxy) is 2. The molecule has 1 aromatic carbocycles. The number of halogens is 1. The summed E-state index contributed by atoms with van der Waals surface area (Å²) in [6.07, 6.45) is 1.67. The van der Waals surface area contributed by atoms with Crippen LogP contribution in [0.4, 0.5) is 0 Å². The van der Waals surface area contributed by atoms with Crippen molar-refractivity contribution in [2.75, 3.05) is 13.7 Å². The van der Waals surface area contributed by atoms with Gasteiger partial charge in [-0.1, -0.05) is 22.9 Å². The second-order valence-electron chi connectivity index (χ2n) is 4.43. The lowest BCUT2D eigenvalue weighted by Gasteiger charge is -2.13. The molecular formula is C14H17BrO3. The molecule has 0 aromatic heterocycles. The highest BCUT2D eigenvalue weighted by molar-refractivity contribution is 9.10. The molecule has 0 amide bonds. The molecule has 1 unspecified atom stereocenters. The van der Waals surface area contributed by atoms with Crippen molar-refractivity contribution in [2.24, 2.45) is 0 Å². The SMILES string of the molecule is CCC(OC)C(=O)Cc1cc(Br)cc2c1OCC2. The molecule has 0 fully saturated rings. The van der Waals surface area contributed by atoms with Crippen molar-refractivity contribution in [2.45, 2.75) is 32.3 Å². The Labute approximate surface area is 116 Å². The van der Waals surface area contributed by atoms with E-state index in [1.54, 1.807) is 7.11 Å². The number of rotatable bonds is 5. The van der Waals surface area contributed by atoms with Crippen molar-refractivity contribution in [3.05, 3.63) is 27.7 Å². The summed E-state index contributed by atoms with van der Waals surface area (Å²) in [5.74, 6) is 0.994. The number of hydrogen-bond donors (Lipinski definition) is 0. The van der Waals surface area contributed by atoms with Crippen LogP contribution in [0.25, 0.3) is 0 Å². The van der Waals surface area contributed by atoms with E-state index >= 15 is 0 Å². The molecule has 1 atom stereocenters. The van der Waals surface area contributed by atoms with Crippen LogP contribution in [0.15, 0.2) is 16.6 Å². The molecule has 98 valence electrons. The molecule has 1 aliphatic rings. The lowest BCUT2D eigenvalue weighted by molar-refractivity contribution is -0.128. The minimum atomic E-state index is -0.318. The molecule has 1 aromatic rings. The Hall–Kier alpha value is -0.870. The van der Waals surface area contributed by atoms with Gasteiger partial charge in [0.1, 0.15) is 11.9 Å². The van der Waals surface area contributed by atoms with E-state index in [2.05, 4.69) is 22.0 Å². The van der Waals surface area contributed by atoms with E-state index in [0.29, 0.717) is 19.4 Å². The Kier molecular flexibility index (Phi) is 4.40. The second-order valence-corrected chi connectivity index (χ2v) is 5.34. The van der Waals surface area contributed by atoms with Crippen LogP contribution >= 0.6 is 15.9 Å². The number of carbonyl (C=O) groups is 1. The average molecular weight is 313 g/mol. The highest BCUT2D eigenvalue weighted by Crippen LogP contribution is 2.33. The van der Waals surface area contributed by atoms with Crippen LogP contribution in [0.2, 0.25) is 0 Å². The summed E-state index contributed by atoms with van der Waals surface area (Å²) in [5, 5.41) is 0.